The van der Waals surface area contributed by atoms with Crippen LogP contribution >= 0.6 is 11.3 Å². The molecular weight excluding hydrogens is 701 g/mol. The summed E-state index contributed by atoms with van der Waals surface area (Å²) in [6.07, 6.45) is 0. The SMILES string of the molecule is c1ccc(-c2ccc(-c3nc(-c4ccccc4)nc(-c4c(-c5ccccc5)cccc4-n4c5ccccc5c5ccc6c7ccccc7sc6c54)n3)cc2)cc1. The Balaban J connectivity index is 1.23. The van der Waals surface area contributed by atoms with Crippen molar-refractivity contribution in [1.29, 1.82) is 0 Å². The van der Waals surface area contributed by atoms with Crippen molar-refractivity contribution in [2.75, 3.05) is 0 Å². The number of nitrogens with zero attached hydrogens (tertiary/aromatic N) is 4. The Kier molecular flexibility index (Phi) is 7.64. The minimum absolute atomic E-state index is 0.616. The van der Waals surface area contributed by atoms with E-state index in [1.54, 1.807) is 0 Å². The zero-order valence-corrected chi connectivity index (χ0v) is 31.0. The third-order valence-electron chi connectivity index (χ3n) is 10.7. The summed E-state index contributed by atoms with van der Waals surface area (Å²) < 4.78 is 4.98. The number of rotatable bonds is 6. The van der Waals surface area contributed by atoms with Crippen LogP contribution < -0.4 is 0 Å². The smallest absolute Gasteiger partial charge is 0.166 e. The number of benzene rings is 8. The second-order valence-electron chi connectivity index (χ2n) is 14.0. The highest BCUT2D eigenvalue weighted by molar-refractivity contribution is 7.26. The maximum absolute atomic E-state index is 5.38. The number of thiophene rings is 1. The van der Waals surface area contributed by atoms with Gasteiger partial charge in [0, 0.05) is 37.4 Å². The van der Waals surface area contributed by atoms with Gasteiger partial charge in [0.25, 0.3) is 0 Å². The van der Waals surface area contributed by atoms with Gasteiger partial charge in [0.05, 0.1) is 27.0 Å². The van der Waals surface area contributed by atoms with Crippen molar-refractivity contribution in [2.24, 2.45) is 0 Å². The minimum atomic E-state index is 0.616. The molecule has 0 bridgehead atoms. The molecule has 0 spiro atoms. The average molecular weight is 733 g/mol. The maximum atomic E-state index is 5.38. The van der Waals surface area contributed by atoms with E-state index in [9.17, 15) is 0 Å². The van der Waals surface area contributed by atoms with Crippen molar-refractivity contribution in [2.45, 2.75) is 0 Å². The fourth-order valence-corrected chi connectivity index (χ4v) is 9.32. The lowest BCUT2D eigenvalue weighted by molar-refractivity contribution is 1.07. The van der Waals surface area contributed by atoms with Crippen molar-refractivity contribution in [3.63, 3.8) is 0 Å². The van der Waals surface area contributed by atoms with Gasteiger partial charge in [-0.15, -0.1) is 11.3 Å². The maximum Gasteiger partial charge on any atom is 0.166 e. The second kappa shape index (κ2) is 13.3. The molecule has 0 aliphatic heterocycles. The summed E-state index contributed by atoms with van der Waals surface area (Å²) in [6, 6.07) is 68.4. The molecule has 0 radical (unpaired) electrons. The fraction of sp³-hybridized carbons (Fsp3) is 0. The Hall–Kier alpha value is -7.21. The predicted molar refractivity (Wildman–Crippen MR) is 234 cm³/mol. The van der Waals surface area contributed by atoms with Crippen LogP contribution in [0.25, 0.3) is 104 Å². The molecule has 0 fully saturated rings. The topological polar surface area (TPSA) is 43.6 Å². The van der Waals surface area contributed by atoms with Crippen LogP contribution in [0.15, 0.2) is 194 Å². The van der Waals surface area contributed by atoms with Crippen molar-refractivity contribution in [3.8, 4) is 62.1 Å². The number of para-hydroxylation sites is 1. The van der Waals surface area contributed by atoms with Crippen LogP contribution in [0.2, 0.25) is 0 Å². The predicted octanol–water partition coefficient (Wildman–Crippen LogP) is 13.7. The van der Waals surface area contributed by atoms with E-state index in [1.807, 2.05) is 35.6 Å². The van der Waals surface area contributed by atoms with Gasteiger partial charge in [-0.25, -0.2) is 15.0 Å². The summed E-state index contributed by atoms with van der Waals surface area (Å²) in [7, 11) is 0. The highest BCUT2D eigenvalue weighted by Crippen LogP contribution is 2.45. The molecule has 11 rings (SSSR count). The van der Waals surface area contributed by atoms with E-state index in [4.69, 9.17) is 15.0 Å². The fourth-order valence-electron chi connectivity index (χ4n) is 8.08. The number of hydrogen-bond acceptors (Lipinski definition) is 4. The molecule has 8 aromatic carbocycles. The van der Waals surface area contributed by atoms with Gasteiger partial charge in [0.15, 0.2) is 17.5 Å². The van der Waals surface area contributed by atoms with Crippen LogP contribution in [0.3, 0.4) is 0 Å². The quantitative estimate of drug-likeness (QED) is 0.171. The van der Waals surface area contributed by atoms with Crippen LogP contribution in [0.1, 0.15) is 0 Å². The summed E-state index contributed by atoms with van der Waals surface area (Å²) in [6.45, 7) is 0. The molecule has 3 heterocycles. The zero-order chi connectivity index (χ0) is 37.0. The summed E-state index contributed by atoms with van der Waals surface area (Å²) in [5.74, 6) is 1.86. The Morgan fingerprint density at radius 3 is 1.62 bits per heavy atom. The molecule has 0 unspecified atom stereocenters. The lowest BCUT2D eigenvalue weighted by atomic mass is 9.97. The molecule has 56 heavy (non-hydrogen) atoms. The number of aromatic nitrogens is 4. The van der Waals surface area contributed by atoms with E-state index in [1.165, 1.54) is 42.0 Å². The summed E-state index contributed by atoms with van der Waals surface area (Å²) in [5, 5.41) is 4.96. The first-order valence-corrected chi connectivity index (χ1v) is 19.6. The molecular formula is C51H32N4S. The first-order valence-electron chi connectivity index (χ1n) is 18.8. The van der Waals surface area contributed by atoms with Gasteiger partial charge in [-0.3, -0.25) is 0 Å². The third kappa shape index (κ3) is 5.32. The van der Waals surface area contributed by atoms with Gasteiger partial charge in [-0.05, 0) is 40.5 Å². The van der Waals surface area contributed by atoms with Crippen molar-refractivity contribution < 1.29 is 0 Å². The van der Waals surface area contributed by atoms with Crippen molar-refractivity contribution in [3.05, 3.63) is 194 Å². The average Bonchev–Trinajstić information content (AvgIpc) is 3.83. The molecule has 3 aromatic heterocycles. The van der Waals surface area contributed by atoms with Gasteiger partial charge < -0.3 is 4.57 Å². The highest BCUT2D eigenvalue weighted by Gasteiger charge is 2.24. The van der Waals surface area contributed by atoms with E-state index in [0.717, 1.165) is 44.6 Å². The summed E-state index contributed by atoms with van der Waals surface area (Å²) in [4.78, 5) is 15.9. The van der Waals surface area contributed by atoms with Gasteiger partial charge in [0.1, 0.15) is 0 Å². The van der Waals surface area contributed by atoms with Crippen LogP contribution in [0.4, 0.5) is 0 Å². The molecule has 0 aliphatic carbocycles. The summed E-state index contributed by atoms with van der Waals surface area (Å²) in [5.41, 5.74) is 10.6. The third-order valence-corrected chi connectivity index (χ3v) is 11.9. The Morgan fingerprint density at radius 2 is 0.893 bits per heavy atom. The number of fused-ring (bicyclic) bond motifs is 7. The molecule has 5 heteroatoms. The molecule has 11 aromatic rings. The molecule has 0 N–H and O–H groups in total. The van der Waals surface area contributed by atoms with Gasteiger partial charge in [-0.1, -0.05) is 176 Å². The Labute approximate surface area is 327 Å². The molecule has 0 amide bonds. The van der Waals surface area contributed by atoms with Gasteiger partial charge in [0.2, 0.25) is 0 Å². The van der Waals surface area contributed by atoms with E-state index < -0.39 is 0 Å². The Morgan fingerprint density at radius 1 is 0.357 bits per heavy atom. The lowest BCUT2D eigenvalue weighted by Gasteiger charge is -2.18. The summed E-state index contributed by atoms with van der Waals surface area (Å²) >= 11 is 1.85. The van der Waals surface area contributed by atoms with E-state index in [0.29, 0.717) is 17.5 Å². The molecule has 0 atom stereocenters. The molecule has 4 nitrogen and oxygen atoms in total. The largest absolute Gasteiger partial charge is 0.307 e. The first-order chi connectivity index (χ1) is 27.8. The highest BCUT2D eigenvalue weighted by atomic mass is 32.1. The van der Waals surface area contributed by atoms with Crippen LogP contribution in [0.5, 0.6) is 0 Å². The lowest BCUT2D eigenvalue weighted by Crippen LogP contribution is -2.05. The van der Waals surface area contributed by atoms with E-state index in [2.05, 4.69) is 174 Å². The Bertz CT molecular complexity index is 3220. The molecule has 0 aliphatic rings. The number of hydrogen-bond donors (Lipinski definition) is 0. The molecule has 262 valence electrons. The van der Waals surface area contributed by atoms with Crippen LogP contribution in [-0.4, -0.2) is 19.5 Å². The normalized spacial score (nSPS) is 11.6. The monoisotopic (exact) mass is 732 g/mol. The van der Waals surface area contributed by atoms with Crippen molar-refractivity contribution >= 4 is 53.3 Å². The van der Waals surface area contributed by atoms with E-state index >= 15 is 0 Å². The van der Waals surface area contributed by atoms with Gasteiger partial charge in [-0.2, -0.15) is 0 Å². The standard InChI is InChI=1S/C51H32N4S/c1-4-15-33(16-5-1)34-27-29-37(30-28-34)50-52-49(36-19-8-3-9-20-36)53-51(54-50)46-38(35-17-6-2-7-18-35)23-14-25-44(46)55-43-24-12-10-21-39(43)41-31-32-42-40-22-11-13-26-45(40)56-48(42)47(41)55/h1-32H. The second-order valence-corrected chi connectivity index (χ2v) is 15.0. The zero-order valence-electron chi connectivity index (χ0n) is 30.2. The van der Waals surface area contributed by atoms with Crippen LogP contribution in [0, 0.1) is 0 Å². The van der Waals surface area contributed by atoms with Gasteiger partial charge >= 0.3 is 0 Å². The van der Waals surface area contributed by atoms with Crippen molar-refractivity contribution in [1.82, 2.24) is 19.5 Å². The van der Waals surface area contributed by atoms with E-state index in [-0.39, 0.29) is 0 Å². The molecule has 0 saturated carbocycles. The molecule has 0 saturated heterocycles. The minimum Gasteiger partial charge on any atom is -0.307 e. The van der Waals surface area contributed by atoms with Crippen LogP contribution in [-0.2, 0) is 0 Å². The first kappa shape index (κ1) is 32.2.